The minimum Gasteiger partial charge on any atom is -0.467 e. The summed E-state index contributed by atoms with van der Waals surface area (Å²) in [4.78, 5) is 36.3. The van der Waals surface area contributed by atoms with Crippen molar-refractivity contribution >= 4 is 18.0 Å². The SMILES string of the molecule is CCC[C@H](NC(=O)C(NC(=O)OC(C)(C)C)[C@@H](C)CC)C(=O)OC. The van der Waals surface area contributed by atoms with Gasteiger partial charge in [0, 0.05) is 0 Å². The fraction of sp³-hybridized carbons (Fsp3) is 0.824. The Balaban J connectivity index is 5.06. The van der Waals surface area contributed by atoms with E-state index in [9.17, 15) is 14.4 Å². The lowest BCUT2D eigenvalue weighted by molar-refractivity contribution is -0.145. The Hall–Kier alpha value is -1.79. The summed E-state index contributed by atoms with van der Waals surface area (Å²) in [5.41, 5.74) is -0.655. The maximum Gasteiger partial charge on any atom is 0.408 e. The molecular formula is C17H32N2O5. The van der Waals surface area contributed by atoms with Crippen LogP contribution in [0.25, 0.3) is 0 Å². The fourth-order valence-electron chi connectivity index (χ4n) is 2.08. The fourth-order valence-corrected chi connectivity index (χ4v) is 2.08. The van der Waals surface area contributed by atoms with Gasteiger partial charge in [0.2, 0.25) is 5.91 Å². The summed E-state index contributed by atoms with van der Waals surface area (Å²) in [5.74, 6) is -1.03. The second kappa shape index (κ2) is 10.2. The Labute approximate surface area is 144 Å². The summed E-state index contributed by atoms with van der Waals surface area (Å²) in [5, 5.41) is 5.27. The van der Waals surface area contributed by atoms with Crippen LogP contribution in [0.2, 0.25) is 0 Å². The Morgan fingerprint density at radius 1 is 1.08 bits per heavy atom. The summed E-state index contributed by atoms with van der Waals surface area (Å²) < 4.78 is 9.93. The largest absolute Gasteiger partial charge is 0.467 e. The number of amides is 2. The number of esters is 1. The highest BCUT2D eigenvalue weighted by Crippen LogP contribution is 2.12. The second-order valence-corrected chi connectivity index (χ2v) is 6.88. The van der Waals surface area contributed by atoms with Crippen LogP contribution in [0.1, 0.15) is 60.8 Å². The highest BCUT2D eigenvalue weighted by Gasteiger charge is 2.31. The van der Waals surface area contributed by atoms with E-state index >= 15 is 0 Å². The normalized spacial score (nSPS) is 15.0. The topological polar surface area (TPSA) is 93.7 Å². The van der Waals surface area contributed by atoms with E-state index in [0.29, 0.717) is 19.3 Å². The van der Waals surface area contributed by atoms with Crippen molar-refractivity contribution in [2.24, 2.45) is 5.92 Å². The molecule has 140 valence electrons. The van der Waals surface area contributed by atoms with E-state index in [1.165, 1.54) is 7.11 Å². The van der Waals surface area contributed by atoms with Crippen molar-refractivity contribution < 1.29 is 23.9 Å². The van der Waals surface area contributed by atoms with Crippen molar-refractivity contribution in [3.63, 3.8) is 0 Å². The lowest BCUT2D eigenvalue weighted by Gasteiger charge is -2.27. The zero-order valence-electron chi connectivity index (χ0n) is 15.9. The molecule has 0 aliphatic heterocycles. The molecule has 3 atom stereocenters. The van der Waals surface area contributed by atoms with Gasteiger partial charge in [-0.3, -0.25) is 4.79 Å². The molecular weight excluding hydrogens is 312 g/mol. The van der Waals surface area contributed by atoms with E-state index in [2.05, 4.69) is 10.6 Å². The third-order valence-electron chi connectivity index (χ3n) is 3.55. The van der Waals surface area contributed by atoms with Crippen molar-refractivity contribution in [1.29, 1.82) is 0 Å². The molecule has 0 radical (unpaired) electrons. The van der Waals surface area contributed by atoms with Crippen molar-refractivity contribution in [2.75, 3.05) is 7.11 Å². The zero-order chi connectivity index (χ0) is 18.9. The Bertz CT molecular complexity index is 431. The molecule has 0 saturated heterocycles. The third-order valence-corrected chi connectivity index (χ3v) is 3.55. The molecule has 0 aliphatic carbocycles. The lowest BCUT2D eigenvalue weighted by Crippen LogP contribution is -2.54. The van der Waals surface area contributed by atoms with Crippen LogP contribution >= 0.6 is 0 Å². The molecule has 0 spiro atoms. The molecule has 2 amide bonds. The Morgan fingerprint density at radius 3 is 2.08 bits per heavy atom. The number of carbonyl (C=O) groups excluding carboxylic acids is 3. The van der Waals surface area contributed by atoms with Gasteiger partial charge in [0.1, 0.15) is 17.7 Å². The molecule has 24 heavy (non-hydrogen) atoms. The van der Waals surface area contributed by atoms with E-state index in [4.69, 9.17) is 9.47 Å². The van der Waals surface area contributed by atoms with Crippen LogP contribution in [0.5, 0.6) is 0 Å². The molecule has 0 aromatic rings. The molecule has 0 bridgehead atoms. The molecule has 0 rings (SSSR count). The number of carbonyl (C=O) groups is 3. The molecule has 7 nitrogen and oxygen atoms in total. The summed E-state index contributed by atoms with van der Waals surface area (Å²) in [6.07, 6.45) is 1.21. The van der Waals surface area contributed by atoms with Gasteiger partial charge in [0.15, 0.2) is 0 Å². The zero-order valence-corrected chi connectivity index (χ0v) is 15.9. The van der Waals surface area contributed by atoms with E-state index in [-0.39, 0.29) is 5.92 Å². The van der Waals surface area contributed by atoms with Crippen LogP contribution in [-0.2, 0) is 19.1 Å². The molecule has 0 aromatic carbocycles. The van der Waals surface area contributed by atoms with Gasteiger partial charge in [0.05, 0.1) is 7.11 Å². The summed E-state index contributed by atoms with van der Waals surface area (Å²) in [7, 11) is 1.28. The van der Waals surface area contributed by atoms with Gasteiger partial charge in [-0.15, -0.1) is 0 Å². The van der Waals surface area contributed by atoms with Gasteiger partial charge < -0.3 is 20.1 Å². The molecule has 1 unspecified atom stereocenters. The van der Waals surface area contributed by atoms with Crippen molar-refractivity contribution in [3.05, 3.63) is 0 Å². The summed E-state index contributed by atoms with van der Waals surface area (Å²) >= 11 is 0. The van der Waals surface area contributed by atoms with E-state index in [0.717, 1.165) is 0 Å². The first-order valence-electron chi connectivity index (χ1n) is 8.43. The number of ether oxygens (including phenoxy) is 2. The average molecular weight is 344 g/mol. The van der Waals surface area contributed by atoms with Gasteiger partial charge in [-0.1, -0.05) is 33.6 Å². The molecule has 0 aromatic heterocycles. The molecule has 2 N–H and O–H groups in total. The first-order valence-corrected chi connectivity index (χ1v) is 8.43. The predicted octanol–water partition coefficient (Wildman–Crippen LogP) is 2.38. The number of hydrogen-bond acceptors (Lipinski definition) is 5. The van der Waals surface area contributed by atoms with Gasteiger partial charge in [-0.25, -0.2) is 9.59 Å². The second-order valence-electron chi connectivity index (χ2n) is 6.88. The number of rotatable bonds is 8. The molecule has 0 fully saturated rings. The third kappa shape index (κ3) is 8.17. The standard InChI is InChI=1S/C17H32N2O5/c1-8-10-12(15(21)23-7)18-14(20)13(11(3)9-2)19-16(22)24-17(4,5)6/h11-13H,8-10H2,1-7H3,(H,18,20)(H,19,22)/t11-,12-,13?/m0/s1. The first-order chi connectivity index (χ1) is 11.1. The minimum atomic E-state index is -0.783. The van der Waals surface area contributed by atoms with Crippen LogP contribution in [0, 0.1) is 5.92 Å². The highest BCUT2D eigenvalue weighted by atomic mass is 16.6. The van der Waals surface area contributed by atoms with E-state index < -0.39 is 35.7 Å². The number of hydrogen-bond donors (Lipinski definition) is 2. The number of alkyl carbamates (subject to hydrolysis) is 1. The smallest absolute Gasteiger partial charge is 0.408 e. The predicted molar refractivity (Wildman–Crippen MR) is 91.5 cm³/mol. The maximum atomic E-state index is 12.6. The van der Waals surface area contributed by atoms with Crippen LogP contribution in [0.4, 0.5) is 4.79 Å². The van der Waals surface area contributed by atoms with Crippen molar-refractivity contribution in [3.8, 4) is 0 Å². The lowest BCUT2D eigenvalue weighted by atomic mass is 9.98. The number of methoxy groups -OCH3 is 1. The Kier molecular flexibility index (Phi) is 9.40. The van der Waals surface area contributed by atoms with E-state index in [1.807, 2.05) is 20.8 Å². The Morgan fingerprint density at radius 2 is 1.67 bits per heavy atom. The van der Waals surface area contributed by atoms with Crippen molar-refractivity contribution in [1.82, 2.24) is 10.6 Å². The average Bonchev–Trinajstić information content (AvgIpc) is 2.48. The maximum absolute atomic E-state index is 12.6. The highest BCUT2D eigenvalue weighted by molar-refractivity contribution is 5.89. The molecule has 0 aliphatic rings. The molecule has 0 saturated carbocycles. The first kappa shape index (κ1) is 22.2. The quantitative estimate of drug-likeness (QED) is 0.659. The minimum absolute atomic E-state index is 0.113. The summed E-state index contributed by atoms with van der Waals surface area (Å²) in [6.45, 7) is 10.9. The number of nitrogens with one attached hydrogen (secondary N) is 2. The van der Waals surface area contributed by atoms with Gasteiger partial charge in [-0.05, 0) is 33.1 Å². The van der Waals surface area contributed by atoms with Crippen LogP contribution < -0.4 is 10.6 Å². The van der Waals surface area contributed by atoms with Crippen LogP contribution in [0.15, 0.2) is 0 Å². The van der Waals surface area contributed by atoms with Gasteiger partial charge in [-0.2, -0.15) is 0 Å². The van der Waals surface area contributed by atoms with Crippen LogP contribution in [-0.4, -0.2) is 42.8 Å². The monoisotopic (exact) mass is 344 g/mol. The van der Waals surface area contributed by atoms with Gasteiger partial charge in [0.25, 0.3) is 0 Å². The van der Waals surface area contributed by atoms with Gasteiger partial charge >= 0.3 is 12.1 Å². The van der Waals surface area contributed by atoms with Crippen molar-refractivity contribution in [2.45, 2.75) is 78.5 Å². The summed E-state index contributed by atoms with van der Waals surface area (Å²) in [6, 6.07) is -1.51. The molecule has 7 heteroatoms. The molecule has 0 heterocycles. The van der Waals surface area contributed by atoms with E-state index in [1.54, 1.807) is 20.8 Å². The van der Waals surface area contributed by atoms with Crippen LogP contribution in [0.3, 0.4) is 0 Å².